The molecule has 5 nitrogen and oxygen atoms in total. The van der Waals surface area contributed by atoms with Gasteiger partial charge in [-0.2, -0.15) is 0 Å². The summed E-state index contributed by atoms with van der Waals surface area (Å²) in [6.07, 6.45) is 1.77. The van der Waals surface area contributed by atoms with Gasteiger partial charge in [0.15, 0.2) is 6.29 Å². The van der Waals surface area contributed by atoms with E-state index in [9.17, 15) is 14.4 Å². The number of rotatable bonds is 10. The molecule has 0 saturated carbocycles. The first-order chi connectivity index (χ1) is 15.5. The largest absolute Gasteiger partial charge is 0.466 e. The van der Waals surface area contributed by atoms with Gasteiger partial charge in [-0.3, -0.25) is 14.4 Å². The normalized spacial score (nSPS) is 12.6. The number of benzene rings is 2. The van der Waals surface area contributed by atoms with E-state index < -0.39 is 0 Å². The standard InChI is InChI=1S/C26H27NO4S/c1-3-31-26(30)18(2)15-22(27-25(29)24-14-13-23(17-28)32-24)16-19-9-11-21(12-10-19)20-7-5-4-6-8-20/h4-14,17-18,22H,3,15-16H2,1-2H3,(H,27,29)/t18-,22?/m1/s1. The van der Waals surface area contributed by atoms with Gasteiger partial charge in [0.1, 0.15) is 0 Å². The van der Waals surface area contributed by atoms with Crippen molar-refractivity contribution in [3.05, 3.63) is 82.0 Å². The molecule has 0 aliphatic rings. The van der Waals surface area contributed by atoms with Gasteiger partial charge in [-0.05, 0) is 48.6 Å². The van der Waals surface area contributed by atoms with Gasteiger partial charge in [0.05, 0.1) is 22.3 Å². The third-order valence-corrected chi connectivity index (χ3v) is 6.18. The molecule has 0 spiro atoms. The van der Waals surface area contributed by atoms with Crippen molar-refractivity contribution in [1.82, 2.24) is 5.32 Å². The average Bonchev–Trinajstić information content (AvgIpc) is 3.30. The predicted molar refractivity (Wildman–Crippen MR) is 127 cm³/mol. The zero-order valence-corrected chi connectivity index (χ0v) is 19.1. The molecule has 1 amide bonds. The number of amides is 1. The van der Waals surface area contributed by atoms with Crippen LogP contribution in [0.1, 0.15) is 45.2 Å². The summed E-state index contributed by atoms with van der Waals surface area (Å²) in [5, 5.41) is 3.04. The zero-order valence-electron chi connectivity index (χ0n) is 18.2. The van der Waals surface area contributed by atoms with Crippen LogP contribution in [0.15, 0.2) is 66.7 Å². The monoisotopic (exact) mass is 449 g/mol. The van der Waals surface area contributed by atoms with Gasteiger partial charge in [-0.1, -0.05) is 61.5 Å². The van der Waals surface area contributed by atoms with Gasteiger partial charge in [0.25, 0.3) is 5.91 Å². The molecule has 0 saturated heterocycles. The Labute approximate surface area is 192 Å². The van der Waals surface area contributed by atoms with E-state index in [0.29, 0.717) is 29.2 Å². The second kappa shape index (κ2) is 11.4. The highest BCUT2D eigenvalue weighted by Gasteiger charge is 2.23. The highest BCUT2D eigenvalue weighted by Crippen LogP contribution is 2.21. The van der Waals surface area contributed by atoms with Crippen molar-refractivity contribution >= 4 is 29.5 Å². The predicted octanol–water partition coefficient (Wildman–Crippen LogP) is 5.16. The average molecular weight is 450 g/mol. The highest BCUT2D eigenvalue weighted by molar-refractivity contribution is 7.15. The smallest absolute Gasteiger partial charge is 0.308 e. The van der Waals surface area contributed by atoms with Gasteiger partial charge >= 0.3 is 5.97 Å². The minimum atomic E-state index is -0.349. The fourth-order valence-electron chi connectivity index (χ4n) is 3.54. The maximum Gasteiger partial charge on any atom is 0.308 e. The molecule has 1 N–H and O–H groups in total. The van der Waals surface area contributed by atoms with E-state index in [1.165, 1.54) is 0 Å². The fourth-order valence-corrected chi connectivity index (χ4v) is 4.27. The summed E-state index contributed by atoms with van der Waals surface area (Å²) in [4.78, 5) is 36.8. The molecule has 0 fully saturated rings. The number of carbonyl (C=O) groups is 3. The lowest BCUT2D eigenvalue weighted by Gasteiger charge is -2.22. The lowest BCUT2D eigenvalue weighted by atomic mass is 9.95. The molecule has 3 rings (SSSR count). The van der Waals surface area contributed by atoms with Crippen LogP contribution in [0.25, 0.3) is 11.1 Å². The first kappa shape index (κ1) is 23.4. The zero-order chi connectivity index (χ0) is 22.9. The molecule has 166 valence electrons. The Kier molecular flexibility index (Phi) is 8.34. The van der Waals surface area contributed by atoms with Gasteiger partial charge in [-0.15, -0.1) is 11.3 Å². The lowest BCUT2D eigenvalue weighted by Crippen LogP contribution is -2.38. The van der Waals surface area contributed by atoms with E-state index in [-0.39, 0.29) is 23.8 Å². The van der Waals surface area contributed by atoms with Crippen molar-refractivity contribution in [1.29, 1.82) is 0 Å². The Morgan fingerprint density at radius 1 is 1.00 bits per heavy atom. The van der Waals surface area contributed by atoms with E-state index in [0.717, 1.165) is 34.3 Å². The molecule has 2 atom stereocenters. The van der Waals surface area contributed by atoms with Crippen LogP contribution >= 0.6 is 11.3 Å². The fraction of sp³-hybridized carbons (Fsp3) is 0.269. The molecule has 0 aliphatic heterocycles. The van der Waals surface area contributed by atoms with Crippen LogP contribution < -0.4 is 5.32 Å². The summed E-state index contributed by atoms with van der Waals surface area (Å²) < 4.78 is 5.14. The number of esters is 1. The van der Waals surface area contributed by atoms with Gasteiger partial charge in [-0.25, -0.2) is 0 Å². The first-order valence-corrected chi connectivity index (χ1v) is 11.5. The molecule has 1 aromatic heterocycles. The van der Waals surface area contributed by atoms with Crippen LogP contribution in [0.3, 0.4) is 0 Å². The highest BCUT2D eigenvalue weighted by atomic mass is 32.1. The molecule has 1 unspecified atom stereocenters. The van der Waals surface area contributed by atoms with Gasteiger partial charge in [0.2, 0.25) is 0 Å². The van der Waals surface area contributed by atoms with Crippen molar-refractivity contribution in [2.75, 3.05) is 6.61 Å². The summed E-state index contributed by atoms with van der Waals surface area (Å²) in [5.41, 5.74) is 3.32. The van der Waals surface area contributed by atoms with Crippen LogP contribution in [0.4, 0.5) is 0 Å². The Balaban J connectivity index is 1.74. The quantitative estimate of drug-likeness (QED) is 0.343. The Bertz CT molecular complexity index is 1040. The molecule has 0 bridgehead atoms. The van der Waals surface area contributed by atoms with Crippen molar-refractivity contribution in [2.24, 2.45) is 5.92 Å². The van der Waals surface area contributed by atoms with E-state index in [1.54, 1.807) is 19.1 Å². The van der Waals surface area contributed by atoms with Crippen molar-refractivity contribution < 1.29 is 19.1 Å². The number of hydrogen-bond acceptors (Lipinski definition) is 5. The minimum Gasteiger partial charge on any atom is -0.466 e. The van der Waals surface area contributed by atoms with Crippen molar-refractivity contribution in [3.63, 3.8) is 0 Å². The maximum absolute atomic E-state index is 12.8. The van der Waals surface area contributed by atoms with Gasteiger partial charge < -0.3 is 10.1 Å². The Morgan fingerprint density at radius 3 is 2.31 bits per heavy atom. The Hall–Kier alpha value is -3.25. The third-order valence-electron chi connectivity index (χ3n) is 5.17. The molecule has 32 heavy (non-hydrogen) atoms. The van der Waals surface area contributed by atoms with Crippen LogP contribution in [-0.4, -0.2) is 30.8 Å². The summed E-state index contributed by atoms with van der Waals surface area (Å²) in [5.74, 6) is -0.867. The number of aldehydes is 1. The molecule has 1 heterocycles. The van der Waals surface area contributed by atoms with Crippen molar-refractivity contribution in [2.45, 2.75) is 32.7 Å². The number of hydrogen-bond donors (Lipinski definition) is 1. The summed E-state index contributed by atoms with van der Waals surface area (Å²) >= 11 is 1.15. The summed E-state index contributed by atoms with van der Waals surface area (Å²) in [6.45, 7) is 3.91. The van der Waals surface area contributed by atoms with Crippen LogP contribution in [0.5, 0.6) is 0 Å². The first-order valence-electron chi connectivity index (χ1n) is 10.7. The minimum absolute atomic E-state index is 0.245. The third kappa shape index (κ3) is 6.37. The Morgan fingerprint density at radius 2 is 1.69 bits per heavy atom. The lowest BCUT2D eigenvalue weighted by molar-refractivity contribution is -0.147. The molecule has 0 radical (unpaired) electrons. The summed E-state index contributed by atoms with van der Waals surface area (Å²) in [6, 6.07) is 21.4. The number of nitrogens with one attached hydrogen (secondary N) is 1. The van der Waals surface area contributed by atoms with Gasteiger partial charge in [0, 0.05) is 6.04 Å². The van der Waals surface area contributed by atoms with E-state index in [1.807, 2.05) is 37.3 Å². The second-order valence-electron chi connectivity index (χ2n) is 7.65. The molecule has 6 heteroatoms. The van der Waals surface area contributed by atoms with Crippen LogP contribution in [0.2, 0.25) is 0 Å². The van der Waals surface area contributed by atoms with Crippen LogP contribution in [0, 0.1) is 5.92 Å². The molecule has 2 aromatic carbocycles. The summed E-state index contributed by atoms with van der Waals surface area (Å²) in [7, 11) is 0. The second-order valence-corrected chi connectivity index (χ2v) is 8.76. The van der Waals surface area contributed by atoms with E-state index in [4.69, 9.17) is 4.74 Å². The maximum atomic E-state index is 12.8. The molecule has 0 aliphatic carbocycles. The van der Waals surface area contributed by atoms with Crippen molar-refractivity contribution in [3.8, 4) is 11.1 Å². The van der Waals surface area contributed by atoms with E-state index in [2.05, 4.69) is 29.6 Å². The SMILES string of the molecule is CCOC(=O)[C@H](C)CC(Cc1ccc(-c2ccccc2)cc1)NC(=O)c1ccc(C=O)s1. The number of carbonyl (C=O) groups excluding carboxylic acids is 3. The van der Waals surface area contributed by atoms with Crippen LogP contribution in [-0.2, 0) is 16.0 Å². The molecule has 3 aromatic rings. The molecular weight excluding hydrogens is 422 g/mol. The topological polar surface area (TPSA) is 72.5 Å². The van der Waals surface area contributed by atoms with E-state index >= 15 is 0 Å². The number of ether oxygens (including phenoxy) is 1. The molecular formula is C26H27NO4S. The number of thiophene rings is 1.